The molecule has 0 saturated carbocycles. The largest absolute Gasteiger partial charge is 0.313 e. The van der Waals surface area contributed by atoms with Crippen molar-refractivity contribution >= 4 is 27.7 Å². The van der Waals surface area contributed by atoms with E-state index in [-0.39, 0.29) is 0 Å². The fourth-order valence-corrected chi connectivity index (χ4v) is 3.22. The van der Waals surface area contributed by atoms with Crippen LogP contribution in [0.2, 0.25) is 0 Å². The molecule has 1 nitrogen and oxygen atoms in total. The van der Waals surface area contributed by atoms with Gasteiger partial charge in [0.1, 0.15) is 0 Å². The number of halogens is 1. The number of likely N-dealkylation sites (N-methyl/N-ethyl adjacent to an activating group) is 1. The van der Waals surface area contributed by atoms with Crippen molar-refractivity contribution in [1.82, 2.24) is 5.32 Å². The van der Waals surface area contributed by atoms with E-state index in [1.54, 1.807) is 0 Å². The van der Waals surface area contributed by atoms with Gasteiger partial charge in [-0.05, 0) is 42.3 Å². The molecule has 0 aliphatic heterocycles. The second-order valence-electron chi connectivity index (χ2n) is 5.02. The average Bonchev–Trinajstić information content (AvgIpc) is 2.32. The Bertz CT molecular complexity index is 324. The summed E-state index contributed by atoms with van der Waals surface area (Å²) in [5.41, 5.74) is 1.41. The molecule has 0 aromatic heterocycles. The minimum atomic E-state index is 0.583. The molecule has 3 heteroatoms. The second kappa shape index (κ2) is 9.00. The predicted molar refractivity (Wildman–Crippen MR) is 87.5 cm³/mol. The Balaban J connectivity index is 2.43. The first-order valence-corrected chi connectivity index (χ1v) is 8.62. The molecule has 0 amide bonds. The molecule has 0 radical (unpaired) electrons. The first kappa shape index (κ1) is 16.1. The first-order chi connectivity index (χ1) is 8.61. The third-order valence-electron chi connectivity index (χ3n) is 2.66. The van der Waals surface area contributed by atoms with Crippen LogP contribution in [0.4, 0.5) is 0 Å². The van der Waals surface area contributed by atoms with Crippen LogP contribution in [0, 0.1) is 5.92 Å². The van der Waals surface area contributed by atoms with E-state index in [1.807, 2.05) is 0 Å². The van der Waals surface area contributed by atoms with Crippen molar-refractivity contribution in [3.8, 4) is 0 Å². The topological polar surface area (TPSA) is 12.0 Å². The number of hydrogen-bond acceptors (Lipinski definition) is 2. The molecule has 1 N–H and O–H groups in total. The van der Waals surface area contributed by atoms with Gasteiger partial charge in [-0.15, -0.1) is 0 Å². The highest BCUT2D eigenvalue weighted by Crippen LogP contribution is 2.15. The molecule has 0 fully saturated rings. The van der Waals surface area contributed by atoms with Gasteiger partial charge in [0.15, 0.2) is 0 Å². The standard InChI is InChI=1S/C15H24BrNS/c1-4-17-15(11-18-10-12(2)3)9-13-5-7-14(16)8-6-13/h5-8,12,15,17H,4,9-11H2,1-3H3. The van der Waals surface area contributed by atoms with Crippen molar-refractivity contribution in [2.45, 2.75) is 33.2 Å². The molecule has 0 bridgehead atoms. The van der Waals surface area contributed by atoms with Gasteiger partial charge in [-0.1, -0.05) is 48.8 Å². The maximum atomic E-state index is 3.59. The van der Waals surface area contributed by atoms with Crippen molar-refractivity contribution in [3.05, 3.63) is 34.3 Å². The van der Waals surface area contributed by atoms with Gasteiger partial charge in [-0.25, -0.2) is 0 Å². The van der Waals surface area contributed by atoms with Crippen LogP contribution in [0.25, 0.3) is 0 Å². The van der Waals surface area contributed by atoms with Gasteiger partial charge in [0.25, 0.3) is 0 Å². The molecule has 102 valence electrons. The Kier molecular flexibility index (Phi) is 8.03. The summed E-state index contributed by atoms with van der Waals surface area (Å²) >= 11 is 5.54. The quantitative estimate of drug-likeness (QED) is 0.760. The van der Waals surface area contributed by atoms with Crippen LogP contribution in [0.15, 0.2) is 28.7 Å². The fraction of sp³-hybridized carbons (Fsp3) is 0.600. The third kappa shape index (κ3) is 6.81. The van der Waals surface area contributed by atoms with Crippen LogP contribution in [0.3, 0.4) is 0 Å². The molecular weight excluding hydrogens is 306 g/mol. The number of nitrogens with one attached hydrogen (secondary N) is 1. The minimum absolute atomic E-state index is 0.583. The monoisotopic (exact) mass is 329 g/mol. The molecule has 0 spiro atoms. The molecular formula is C15H24BrNS. The van der Waals surface area contributed by atoms with Crippen molar-refractivity contribution in [2.75, 3.05) is 18.1 Å². The number of rotatable bonds is 8. The summed E-state index contributed by atoms with van der Waals surface area (Å²) in [6, 6.07) is 9.25. The van der Waals surface area contributed by atoms with Crippen LogP contribution in [0.1, 0.15) is 26.3 Å². The van der Waals surface area contributed by atoms with E-state index in [2.05, 4.69) is 78.0 Å². The molecule has 1 aromatic carbocycles. The summed E-state index contributed by atoms with van der Waals surface area (Å²) in [5, 5.41) is 3.59. The molecule has 0 aliphatic carbocycles. The molecule has 0 heterocycles. The molecule has 0 saturated heterocycles. The van der Waals surface area contributed by atoms with Gasteiger partial charge in [-0.2, -0.15) is 11.8 Å². The van der Waals surface area contributed by atoms with Crippen LogP contribution in [-0.2, 0) is 6.42 Å². The van der Waals surface area contributed by atoms with Crippen molar-refractivity contribution in [2.24, 2.45) is 5.92 Å². The van der Waals surface area contributed by atoms with Gasteiger partial charge in [0, 0.05) is 16.3 Å². The summed E-state index contributed by atoms with van der Waals surface area (Å²) in [6.45, 7) is 7.79. The summed E-state index contributed by atoms with van der Waals surface area (Å²) in [5.74, 6) is 3.23. The molecule has 0 aliphatic rings. The summed E-state index contributed by atoms with van der Waals surface area (Å²) in [7, 11) is 0. The Morgan fingerprint density at radius 1 is 1.17 bits per heavy atom. The molecule has 18 heavy (non-hydrogen) atoms. The van der Waals surface area contributed by atoms with Crippen LogP contribution < -0.4 is 5.32 Å². The van der Waals surface area contributed by atoms with Gasteiger partial charge in [0.2, 0.25) is 0 Å². The minimum Gasteiger partial charge on any atom is -0.313 e. The molecule has 1 rings (SSSR count). The highest BCUT2D eigenvalue weighted by atomic mass is 79.9. The van der Waals surface area contributed by atoms with E-state index in [0.29, 0.717) is 6.04 Å². The van der Waals surface area contributed by atoms with Crippen molar-refractivity contribution in [3.63, 3.8) is 0 Å². The van der Waals surface area contributed by atoms with E-state index in [9.17, 15) is 0 Å². The molecule has 1 aromatic rings. The lowest BCUT2D eigenvalue weighted by molar-refractivity contribution is 0.572. The van der Waals surface area contributed by atoms with E-state index in [0.717, 1.165) is 23.4 Å². The maximum Gasteiger partial charge on any atom is 0.0198 e. The zero-order valence-electron chi connectivity index (χ0n) is 11.6. The second-order valence-corrected chi connectivity index (χ2v) is 7.01. The number of thioether (sulfide) groups is 1. The summed E-state index contributed by atoms with van der Waals surface area (Å²) in [4.78, 5) is 0. The van der Waals surface area contributed by atoms with Gasteiger partial charge in [-0.3, -0.25) is 0 Å². The highest BCUT2D eigenvalue weighted by Gasteiger charge is 2.09. The Hall–Kier alpha value is 0.01000. The Labute approximate surface area is 124 Å². The van der Waals surface area contributed by atoms with Crippen molar-refractivity contribution in [1.29, 1.82) is 0 Å². The fourth-order valence-electron chi connectivity index (χ4n) is 1.83. The normalized spacial score (nSPS) is 12.9. The summed E-state index contributed by atoms with van der Waals surface area (Å²) < 4.78 is 1.15. The van der Waals surface area contributed by atoms with Crippen molar-refractivity contribution < 1.29 is 0 Å². The maximum absolute atomic E-state index is 3.59. The van der Waals surface area contributed by atoms with Crippen LogP contribution in [0.5, 0.6) is 0 Å². The SMILES string of the molecule is CCNC(CSCC(C)C)Cc1ccc(Br)cc1. The van der Waals surface area contributed by atoms with E-state index in [1.165, 1.54) is 17.1 Å². The highest BCUT2D eigenvalue weighted by molar-refractivity contribution is 9.10. The Morgan fingerprint density at radius 3 is 2.39 bits per heavy atom. The third-order valence-corrected chi connectivity index (χ3v) is 4.73. The number of hydrogen-bond donors (Lipinski definition) is 1. The summed E-state index contributed by atoms with van der Waals surface area (Å²) in [6.07, 6.45) is 1.12. The average molecular weight is 330 g/mol. The van der Waals surface area contributed by atoms with E-state index in [4.69, 9.17) is 0 Å². The number of benzene rings is 1. The van der Waals surface area contributed by atoms with Gasteiger partial charge < -0.3 is 5.32 Å². The predicted octanol–water partition coefficient (Wildman–Crippen LogP) is 4.36. The lowest BCUT2D eigenvalue weighted by Crippen LogP contribution is -2.33. The molecule has 1 atom stereocenters. The molecule has 1 unspecified atom stereocenters. The lowest BCUT2D eigenvalue weighted by Gasteiger charge is -2.18. The smallest absolute Gasteiger partial charge is 0.0198 e. The van der Waals surface area contributed by atoms with Gasteiger partial charge >= 0.3 is 0 Å². The zero-order chi connectivity index (χ0) is 13.4. The van der Waals surface area contributed by atoms with E-state index >= 15 is 0 Å². The lowest BCUT2D eigenvalue weighted by atomic mass is 10.1. The van der Waals surface area contributed by atoms with E-state index < -0.39 is 0 Å². The van der Waals surface area contributed by atoms with Crippen LogP contribution in [-0.4, -0.2) is 24.1 Å². The zero-order valence-corrected chi connectivity index (χ0v) is 14.0. The van der Waals surface area contributed by atoms with Gasteiger partial charge in [0.05, 0.1) is 0 Å². The Morgan fingerprint density at radius 2 is 1.83 bits per heavy atom. The first-order valence-electron chi connectivity index (χ1n) is 6.67. The van der Waals surface area contributed by atoms with Crippen LogP contribution >= 0.6 is 27.7 Å².